The summed E-state index contributed by atoms with van der Waals surface area (Å²) in [5.74, 6) is -0.129. The summed E-state index contributed by atoms with van der Waals surface area (Å²) < 4.78 is 0. The van der Waals surface area contributed by atoms with Crippen LogP contribution in [0.25, 0.3) is 0 Å². The van der Waals surface area contributed by atoms with Crippen LogP contribution in [0.15, 0.2) is 23.8 Å². The lowest BCUT2D eigenvalue weighted by molar-refractivity contribution is -0.133. The number of carboxylic acid groups (broad SMARTS) is 1. The molecule has 0 saturated heterocycles. The molecule has 2 nitrogen and oxygen atoms in total. The molecular weight excluding hydrogens is 128 g/mol. The number of carboxylic acids is 1. The highest BCUT2D eigenvalue weighted by Gasteiger charge is 2.31. The van der Waals surface area contributed by atoms with Crippen LogP contribution >= 0.6 is 0 Å². The fourth-order valence-corrected chi connectivity index (χ4v) is 1.67. The van der Waals surface area contributed by atoms with Crippen LogP contribution in [-0.4, -0.2) is 11.1 Å². The zero-order valence-corrected chi connectivity index (χ0v) is 5.45. The third kappa shape index (κ3) is 0.618. The minimum atomic E-state index is -0.753. The summed E-state index contributed by atoms with van der Waals surface area (Å²) in [7, 11) is 0. The third-order valence-corrected chi connectivity index (χ3v) is 2.16. The van der Waals surface area contributed by atoms with Crippen LogP contribution < -0.4 is 0 Å². The lowest BCUT2D eigenvalue weighted by atomic mass is 10.0. The van der Waals surface area contributed by atoms with E-state index in [1.807, 2.05) is 12.2 Å². The summed E-state index contributed by atoms with van der Waals surface area (Å²) in [6.07, 6.45) is 6.92. The SMILES string of the molecule is O=C(O)C1=CC2C=CC1C2. The van der Waals surface area contributed by atoms with Gasteiger partial charge >= 0.3 is 5.97 Å². The van der Waals surface area contributed by atoms with Gasteiger partial charge in [0.1, 0.15) is 0 Å². The minimum Gasteiger partial charge on any atom is -0.478 e. The molecule has 0 amide bonds. The number of fused-ring (bicyclic) bond motifs is 2. The second kappa shape index (κ2) is 1.72. The Kier molecular flexibility index (Phi) is 0.982. The minimum absolute atomic E-state index is 0.211. The van der Waals surface area contributed by atoms with E-state index >= 15 is 0 Å². The number of carbonyl (C=O) groups is 1. The fraction of sp³-hybridized carbons (Fsp3) is 0.375. The topological polar surface area (TPSA) is 37.3 Å². The first-order valence-electron chi connectivity index (χ1n) is 3.40. The van der Waals surface area contributed by atoms with Crippen molar-refractivity contribution in [3.05, 3.63) is 23.8 Å². The molecule has 52 valence electrons. The Morgan fingerprint density at radius 2 is 2.40 bits per heavy atom. The number of hydrogen-bond donors (Lipinski definition) is 1. The Hall–Kier alpha value is -1.05. The summed E-state index contributed by atoms with van der Waals surface area (Å²) in [6, 6.07) is 0. The summed E-state index contributed by atoms with van der Waals surface area (Å²) in [5, 5.41) is 8.63. The van der Waals surface area contributed by atoms with Gasteiger partial charge in [-0.2, -0.15) is 0 Å². The van der Waals surface area contributed by atoms with Crippen molar-refractivity contribution in [1.29, 1.82) is 0 Å². The largest absolute Gasteiger partial charge is 0.478 e. The molecular formula is C8H8O2. The van der Waals surface area contributed by atoms with Gasteiger partial charge in [0, 0.05) is 11.5 Å². The average Bonchev–Trinajstić information content (AvgIpc) is 2.44. The molecule has 0 aromatic carbocycles. The van der Waals surface area contributed by atoms with Gasteiger partial charge in [0.2, 0.25) is 0 Å². The van der Waals surface area contributed by atoms with Crippen LogP contribution in [0.2, 0.25) is 0 Å². The zero-order chi connectivity index (χ0) is 7.14. The summed E-state index contributed by atoms with van der Waals surface area (Å²) in [5.41, 5.74) is 0.590. The number of rotatable bonds is 1. The molecule has 0 fully saturated rings. The van der Waals surface area contributed by atoms with Gasteiger partial charge in [0.15, 0.2) is 0 Å². The van der Waals surface area contributed by atoms with E-state index < -0.39 is 5.97 Å². The maximum Gasteiger partial charge on any atom is 0.331 e. The van der Waals surface area contributed by atoms with Crippen LogP contribution in [0, 0.1) is 11.8 Å². The third-order valence-electron chi connectivity index (χ3n) is 2.16. The zero-order valence-electron chi connectivity index (χ0n) is 5.45. The average molecular weight is 136 g/mol. The highest BCUT2D eigenvalue weighted by Crippen LogP contribution is 2.37. The lowest BCUT2D eigenvalue weighted by Crippen LogP contribution is -2.05. The van der Waals surface area contributed by atoms with E-state index in [4.69, 9.17) is 5.11 Å². The van der Waals surface area contributed by atoms with Gasteiger partial charge in [-0.1, -0.05) is 18.2 Å². The van der Waals surface area contributed by atoms with Crippen molar-refractivity contribution in [3.63, 3.8) is 0 Å². The number of aliphatic carboxylic acids is 1. The Morgan fingerprint density at radius 1 is 1.60 bits per heavy atom. The van der Waals surface area contributed by atoms with Crippen molar-refractivity contribution < 1.29 is 9.90 Å². The van der Waals surface area contributed by atoms with Gasteiger partial charge in [0.05, 0.1) is 0 Å². The van der Waals surface area contributed by atoms with Crippen molar-refractivity contribution in [1.82, 2.24) is 0 Å². The second-order valence-electron chi connectivity index (χ2n) is 2.82. The van der Waals surface area contributed by atoms with Crippen molar-refractivity contribution in [2.45, 2.75) is 6.42 Å². The van der Waals surface area contributed by atoms with Crippen molar-refractivity contribution >= 4 is 5.97 Å². The standard InChI is InChI=1S/C8H8O2/c9-8(10)7-4-5-1-2-6(7)3-5/h1-2,4-6H,3H2,(H,9,10). The maximum absolute atomic E-state index is 10.5. The van der Waals surface area contributed by atoms with Crippen molar-refractivity contribution in [2.75, 3.05) is 0 Å². The molecule has 10 heavy (non-hydrogen) atoms. The van der Waals surface area contributed by atoms with E-state index in [2.05, 4.69) is 6.08 Å². The van der Waals surface area contributed by atoms with E-state index in [0.717, 1.165) is 6.42 Å². The summed E-state index contributed by atoms with van der Waals surface area (Å²) in [4.78, 5) is 10.5. The quantitative estimate of drug-likeness (QED) is 0.550. The molecule has 2 unspecified atom stereocenters. The Labute approximate surface area is 58.9 Å². The van der Waals surface area contributed by atoms with Crippen molar-refractivity contribution in [3.8, 4) is 0 Å². The molecule has 0 radical (unpaired) electrons. The fourth-order valence-electron chi connectivity index (χ4n) is 1.67. The predicted molar refractivity (Wildman–Crippen MR) is 36.5 cm³/mol. The van der Waals surface area contributed by atoms with E-state index in [-0.39, 0.29) is 5.92 Å². The van der Waals surface area contributed by atoms with Crippen LogP contribution in [0.3, 0.4) is 0 Å². The first-order chi connectivity index (χ1) is 4.77. The maximum atomic E-state index is 10.5. The molecule has 0 aliphatic heterocycles. The van der Waals surface area contributed by atoms with Gasteiger partial charge < -0.3 is 5.11 Å². The predicted octanol–water partition coefficient (Wildman–Crippen LogP) is 1.20. The first kappa shape index (κ1) is 5.71. The molecule has 0 aromatic heterocycles. The molecule has 2 atom stereocenters. The van der Waals surface area contributed by atoms with Gasteiger partial charge in [0.25, 0.3) is 0 Å². The Bertz CT molecular complexity index is 238. The Balaban J connectivity index is 2.29. The smallest absolute Gasteiger partial charge is 0.331 e. The molecule has 0 spiro atoms. The lowest BCUT2D eigenvalue weighted by Gasteiger charge is -2.01. The summed E-state index contributed by atoms with van der Waals surface area (Å²) >= 11 is 0. The highest BCUT2D eigenvalue weighted by molar-refractivity contribution is 5.88. The molecule has 0 saturated carbocycles. The molecule has 2 heteroatoms. The van der Waals surface area contributed by atoms with E-state index in [1.54, 1.807) is 0 Å². The number of hydrogen-bond acceptors (Lipinski definition) is 1. The molecule has 1 N–H and O–H groups in total. The molecule has 2 bridgehead atoms. The van der Waals surface area contributed by atoms with E-state index in [1.165, 1.54) is 0 Å². The Morgan fingerprint density at radius 3 is 2.70 bits per heavy atom. The number of allylic oxidation sites excluding steroid dienone is 3. The molecule has 0 aromatic rings. The van der Waals surface area contributed by atoms with E-state index in [9.17, 15) is 4.79 Å². The molecule has 0 heterocycles. The van der Waals surface area contributed by atoms with E-state index in [0.29, 0.717) is 11.5 Å². The van der Waals surface area contributed by atoms with Gasteiger partial charge in [-0.25, -0.2) is 4.79 Å². The normalized spacial score (nSPS) is 34.6. The van der Waals surface area contributed by atoms with Crippen molar-refractivity contribution in [2.24, 2.45) is 11.8 Å². The summed E-state index contributed by atoms with van der Waals surface area (Å²) in [6.45, 7) is 0. The molecule has 2 aliphatic carbocycles. The van der Waals surface area contributed by atoms with Crippen LogP contribution in [0.1, 0.15) is 6.42 Å². The van der Waals surface area contributed by atoms with Crippen LogP contribution in [-0.2, 0) is 4.79 Å². The van der Waals surface area contributed by atoms with Crippen LogP contribution in [0.4, 0.5) is 0 Å². The van der Waals surface area contributed by atoms with Gasteiger partial charge in [-0.15, -0.1) is 0 Å². The molecule has 2 rings (SSSR count). The molecule has 2 aliphatic rings. The van der Waals surface area contributed by atoms with Gasteiger partial charge in [-0.3, -0.25) is 0 Å². The second-order valence-corrected chi connectivity index (χ2v) is 2.82. The van der Waals surface area contributed by atoms with Crippen LogP contribution in [0.5, 0.6) is 0 Å². The highest BCUT2D eigenvalue weighted by atomic mass is 16.4. The van der Waals surface area contributed by atoms with Gasteiger partial charge in [-0.05, 0) is 12.3 Å². The first-order valence-corrected chi connectivity index (χ1v) is 3.40. The monoisotopic (exact) mass is 136 g/mol.